The maximum atomic E-state index is 13.6. The minimum atomic E-state index is -0.708. The molecule has 0 aliphatic carbocycles. The van der Waals surface area contributed by atoms with Crippen LogP contribution in [0.3, 0.4) is 0 Å². The summed E-state index contributed by atoms with van der Waals surface area (Å²) in [5, 5.41) is 11.6. The highest BCUT2D eigenvalue weighted by molar-refractivity contribution is 6.30. The number of halogens is 1. The maximum Gasteiger partial charge on any atom is 0.269 e. The topological polar surface area (TPSA) is 63.4 Å². The Balaban J connectivity index is 1.85. The predicted octanol–water partition coefficient (Wildman–Crippen LogP) is 6.47. The van der Waals surface area contributed by atoms with Crippen LogP contribution in [-0.2, 0) is 17.5 Å². The van der Waals surface area contributed by atoms with E-state index in [1.807, 2.05) is 41.3 Å². The first-order chi connectivity index (χ1) is 15.0. The Labute approximate surface area is 192 Å². The maximum absolute atomic E-state index is 13.6. The molecule has 1 aliphatic heterocycles. The Morgan fingerprint density at radius 1 is 1.00 bits per heavy atom. The van der Waals surface area contributed by atoms with E-state index in [4.69, 9.17) is 11.6 Å². The standard InChI is InChI=1S/C26H25ClN2O3/c1-25(2,3)19-9-14-22-23(15-19)26(4,18-7-10-20(27)11-8-18)28(24(22)30)16-17-5-12-21(13-6-17)29(31)32/h5-15H,16H2,1-4H3. The average Bonchev–Trinajstić information content (AvgIpc) is 2.96. The molecule has 1 atom stereocenters. The van der Waals surface area contributed by atoms with Gasteiger partial charge in [0.05, 0.1) is 10.5 Å². The van der Waals surface area contributed by atoms with Gasteiger partial charge in [-0.2, -0.15) is 0 Å². The highest BCUT2D eigenvalue weighted by atomic mass is 35.5. The van der Waals surface area contributed by atoms with Crippen LogP contribution in [0, 0.1) is 10.1 Å². The van der Waals surface area contributed by atoms with Gasteiger partial charge in [0.25, 0.3) is 11.6 Å². The van der Waals surface area contributed by atoms with E-state index in [1.165, 1.54) is 12.1 Å². The van der Waals surface area contributed by atoms with Crippen LogP contribution >= 0.6 is 11.6 Å². The van der Waals surface area contributed by atoms with Crippen molar-refractivity contribution in [3.05, 3.63) is 110 Å². The Kier molecular flexibility index (Phi) is 5.33. The lowest BCUT2D eigenvalue weighted by atomic mass is 9.79. The average molecular weight is 449 g/mol. The Bertz CT molecular complexity index is 1200. The normalized spacial score (nSPS) is 18.0. The molecule has 0 fully saturated rings. The molecular formula is C26H25ClN2O3. The number of nitro benzene ring substituents is 1. The molecule has 164 valence electrons. The van der Waals surface area contributed by atoms with Crippen LogP contribution in [-0.4, -0.2) is 15.7 Å². The number of rotatable bonds is 4. The number of carbonyl (C=O) groups is 1. The van der Waals surface area contributed by atoms with E-state index in [9.17, 15) is 14.9 Å². The van der Waals surface area contributed by atoms with E-state index >= 15 is 0 Å². The fourth-order valence-corrected chi connectivity index (χ4v) is 4.44. The molecule has 32 heavy (non-hydrogen) atoms. The lowest BCUT2D eigenvalue weighted by molar-refractivity contribution is -0.384. The number of non-ortho nitro benzene ring substituents is 1. The fraction of sp³-hybridized carbons (Fsp3) is 0.269. The van der Waals surface area contributed by atoms with Crippen LogP contribution in [0.4, 0.5) is 5.69 Å². The third-order valence-electron chi connectivity index (χ3n) is 6.32. The van der Waals surface area contributed by atoms with Gasteiger partial charge in [0, 0.05) is 29.3 Å². The number of nitrogens with zero attached hydrogens (tertiary/aromatic N) is 2. The minimum Gasteiger partial charge on any atom is -0.321 e. The molecule has 3 aromatic carbocycles. The van der Waals surface area contributed by atoms with Crippen LogP contribution in [0.1, 0.15) is 60.3 Å². The van der Waals surface area contributed by atoms with E-state index in [1.54, 1.807) is 12.1 Å². The molecule has 1 heterocycles. The summed E-state index contributed by atoms with van der Waals surface area (Å²) in [6.45, 7) is 8.84. The van der Waals surface area contributed by atoms with Gasteiger partial charge in [-0.3, -0.25) is 14.9 Å². The van der Waals surface area contributed by atoms with E-state index in [0.29, 0.717) is 17.1 Å². The SMILES string of the molecule is CC(C)(C)c1ccc2c(c1)C(C)(c1ccc(Cl)cc1)N(Cc1ccc([N+](=O)[O-])cc1)C2=O. The van der Waals surface area contributed by atoms with Gasteiger partial charge >= 0.3 is 0 Å². The first-order valence-corrected chi connectivity index (χ1v) is 10.9. The summed E-state index contributed by atoms with van der Waals surface area (Å²) in [5.74, 6) is -0.0590. The van der Waals surface area contributed by atoms with Gasteiger partial charge in [0.2, 0.25) is 0 Å². The van der Waals surface area contributed by atoms with E-state index < -0.39 is 10.5 Å². The summed E-state index contributed by atoms with van der Waals surface area (Å²) in [7, 11) is 0. The summed E-state index contributed by atoms with van der Waals surface area (Å²) < 4.78 is 0. The Morgan fingerprint density at radius 2 is 1.62 bits per heavy atom. The van der Waals surface area contributed by atoms with Crippen LogP contribution in [0.15, 0.2) is 66.7 Å². The second kappa shape index (κ2) is 7.75. The van der Waals surface area contributed by atoms with Crippen LogP contribution in [0.25, 0.3) is 0 Å². The summed E-state index contributed by atoms with van der Waals surface area (Å²) in [5.41, 5.74) is 3.83. The number of benzene rings is 3. The molecule has 0 radical (unpaired) electrons. The molecule has 5 nitrogen and oxygen atoms in total. The zero-order chi connectivity index (χ0) is 23.3. The quantitative estimate of drug-likeness (QED) is 0.339. The van der Waals surface area contributed by atoms with Crippen molar-refractivity contribution in [1.29, 1.82) is 0 Å². The lowest BCUT2D eigenvalue weighted by Crippen LogP contribution is -2.42. The van der Waals surface area contributed by atoms with Crippen LogP contribution < -0.4 is 0 Å². The van der Waals surface area contributed by atoms with Gasteiger partial charge in [-0.25, -0.2) is 0 Å². The molecule has 0 saturated carbocycles. The number of amides is 1. The van der Waals surface area contributed by atoms with Crippen molar-refractivity contribution in [3.63, 3.8) is 0 Å². The fourth-order valence-electron chi connectivity index (χ4n) is 4.32. The second-order valence-corrected chi connectivity index (χ2v) is 9.84. The summed E-state index contributed by atoms with van der Waals surface area (Å²) in [6.07, 6.45) is 0. The molecule has 3 aromatic rings. The molecule has 0 N–H and O–H groups in total. The van der Waals surface area contributed by atoms with Crippen molar-refractivity contribution in [2.75, 3.05) is 0 Å². The molecule has 0 spiro atoms. The van der Waals surface area contributed by atoms with E-state index in [0.717, 1.165) is 22.3 Å². The van der Waals surface area contributed by atoms with Crippen molar-refractivity contribution < 1.29 is 9.72 Å². The molecule has 0 saturated heterocycles. The van der Waals surface area contributed by atoms with Crippen LogP contribution in [0.5, 0.6) is 0 Å². The van der Waals surface area contributed by atoms with E-state index in [-0.39, 0.29) is 17.0 Å². The highest BCUT2D eigenvalue weighted by Gasteiger charge is 2.47. The zero-order valence-electron chi connectivity index (χ0n) is 18.6. The molecule has 4 rings (SSSR count). The number of nitro groups is 1. The zero-order valence-corrected chi connectivity index (χ0v) is 19.3. The van der Waals surface area contributed by atoms with E-state index in [2.05, 4.69) is 33.8 Å². The molecule has 1 aliphatic rings. The highest BCUT2D eigenvalue weighted by Crippen LogP contribution is 2.46. The third kappa shape index (κ3) is 3.67. The monoisotopic (exact) mass is 448 g/mol. The lowest BCUT2D eigenvalue weighted by Gasteiger charge is -2.37. The third-order valence-corrected chi connectivity index (χ3v) is 6.57. The molecule has 1 unspecified atom stereocenters. The largest absolute Gasteiger partial charge is 0.321 e. The Hall–Kier alpha value is -3.18. The number of fused-ring (bicyclic) bond motifs is 1. The molecular weight excluding hydrogens is 424 g/mol. The minimum absolute atomic E-state index is 0.0278. The smallest absolute Gasteiger partial charge is 0.269 e. The molecule has 1 amide bonds. The number of hydrogen-bond acceptors (Lipinski definition) is 3. The molecule has 6 heteroatoms. The van der Waals surface area contributed by atoms with Crippen LogP contribution in [0.2, 0.25) is 5.02 Å². The van der Waals surface area contributed by atoms with Gasteiger partial charge in [-0.1, -0.05) is 68.8 Å². The van der Waals surface area contributed by atoms with Gasteiger partial charge in [-0.15, -0.1) is 0 Å². The first-order valence-electron chi connectivity index (χ1n) is 10.5. The summed E-state index contributed by atoms with van der Waals surface area (Å²) in [6, 6.07) is 20.0. The molecule has 0 aromatic heterocycles. The van der Waals surface area contributed by atoms with Gasteiger partial charge < -0.3 is 4.90 Å². The van der Waals surface area contributed by atoms with Crippen molar-refractivity contribution in [1.82, 2.24) is 4.90 Å². The first kappa shape index (κ1) is 22.0. The molecule has 0 bridgehead atoms. The second-order valence-electron chi connectivity index (χ2n) is 9.40. The number of carbonyl (C=O) groups excluding carboxylic acids is 1. The Morgan fingerprint density at radius 3 is 2.19 bits per heavy atom. The van der Waals surface area contributed by atoms with Crippen molar-refractivity contribution in [2.24, 2.45) is 0 Å². The van der Waals surface area contributed by atoms with Crippen molar-refractivity contribution >= 4 is 23.2 Å². The van der Waals surface area contributed by atoms with Gasteiger partial charge in [0.1, 0.15) is 0 Å². The number of hydrogen-bond donors (Lipinski definition) is 0. The predicted molar refractivity (Wildman–Crippen MR) is 126 cm³/mol. The van der Waals surface area contributed by atoms with Crippen molar-refractivity contribution in [3.8, 4) is 0 Å². The van der Waals surface area contributed by atoms with Gasteiger partial charge in [0.15, 0.2) is 0 Å². The summed E-state index contributed by atoms with van der Waals surface area (Å²) >= 11 is 6.15. The summed E-state index contributed by atoms with van der Waals surface area (Å²) in [4.78, 5) is 26.0. The van der Waals surface area contributed by atoms with Crippen molar-refractivity contribution in [2.45, 2.75) is 45.2 Å². The van der Waals surface area contributed by atoms with Gasteiger partial charge in [-0.05, 0) is 52.8 Å².